The molecule has 0 radical (unpaired) electrons. The van der Waals surface area contributed by atoms with E-state index in [4.69, 9.17) is 0 Å². The number of hydrogen-bond acceptors (Lipinski definition) is 1. The van der Waals surface area contributed by atoms with Gasteiger partial charge in [-0.3, -0.25) is 0 Å². The maximum absolute atomic E-state index is 4.40. The Morgan fingerprint density at radius 2 is 1.27 bits per heavy atom. The molecule has 1 heterocycles. The Balaban J connectivity index is 0.856. The highest BCUT2D eigenvalue weighted by Gasteiger charge is 2.18. The summed E-state index contributed by atoms with van der Waals surface area (Å²) in [6, 6.07) is 58.8. The lowest BCUT2D eigenvalue weighted by Gasteiger charge is -2.18. The Kier molecular flexibility index (Phi) is 10.9. The van der Waals surface area contributed by atoms with Crippen LogP contribution in [0, 0.1) is 0 Å². The first-order chi connectivity index (χ1) is 31.6. The summed E-state index contributed by atoms with van der Waals surface area (Å²) < 4.78 is 2.34. The molecule has 0 saturated carbocycles. The van der Waals surface area contributed by atoms with Crippen LogP contribution in [-0.2, 0) is 0 Å². The zero-order valence-corrected chi connectivity index (χ0v) is 35.8. The number of rotatable bonds is 11. The van der Waals surface area contributed by atoms with E-state index >= 15 is 0 Å². The maximum Gasteiger partial charge on any atom is 0.0813 e. The van der Waals surface area contributed by atoms with Gasteiger partial charge in [-0.25, -0.2) is 0 Å². The van der Waals surface area contributed by atoms with Gasteiger partial charge in [0.2, 0.25) is 0 Å². The smallest absolute Gasteiger partial charge is 0.0813 e. The summed E-state index contributed by atoms with van der Waals surface area (Å²) in [5.74, 6) is 0. The van der Waals surface area contributed by atoms with Crippen LogP contribution < -0.4 is 5.32 Å². The zero-order chi connectivity index (χ0) is 43.4. The molecular formula is C62H46N2. The Hall–Kier alpha value is -8.42. The number of allylic oxidation sites excluding steroid dienone is 13. The molecule has 2 nitrogen and oxygen atoms in total. The van der Waals surface area contributed by atoms with Crippen LogP contribution in [0.25, 0.3) is 82.1 Å². The molecule has 304 valence electrons. The van der Waals surface area contributed by atoms with E-state index in [2.05, 4.69) is 230 Å². The number of fused-ring (bicyclic) bond motifs is 6. The molecular weight excluding hydrogens is 773 g/mol. The third-order valence-corrected chi connectivity index (χ3v) is 12.1. The number of nitrogens with one attached hydrogen (secondary N) is 1. The second kappa shape index (κ2) is 17.5. The minimum absolute atomic E-state index is 0.871. The van der Waals surface area contributed by atoms with Gasteiger partial charge in [-0.2, -0.15) is 0 Å². The number of benzene rings is 8. The van der Waals surface area contributed by atoms with E-state index in [9.17, 15) is 0 Å². The van der Waals surface area contributed by atoms with Gasteiger partial charge in [-0.05, 0) is 144 Å². The van der Waals surface area contributed by atoms with Gasteiger partial charge in [-0.1, -0.05) is 183 Å². The van der Waals surface area contributed by atoms with Crippen molar-refractivity contribution in [3.63, 3.8) is 0 Å². The Labute approximate surface area is 374 Å². The fraction of sp³-hybridized carbons (Fsp3) is 0.0161. The van der Waals surface area contributed by atoms with E-state index < -0.39 is 0 Å². The van der Waals surface area contributed by atoms with Gasteiger partial charge in [0.05, 0.1) is 16.7 Å². The molecule has 9 aromatic rings. The van der Waals surface area contributed by atoms with Gasteiger partial charge in [0, 0.05) is 22.7 Å². The predicted molar refractivity (Wildman–Crippen MR) is 276 cm³/mol. The summed E-state index contributed by atoms with van der Waals surface area (Å²) in [5.41, 5.74) is 16.8. The summed E-state index contributed by atoms with van der Waals surface area (Å²) in [4.78, 5) is 0. The molecule has 0 amide bonds. The number of nitrogens with zero attached hydrogens (tertiary/aromatic N) is 1. The lowest BCUT2D eigenvalue weighted by atomic mass is 9.85. The predicted octanol–water partition coefficient (Wildman–Crippen LogP) is 16.3. The van der Waals surface area contributed by atoms with Crippen LogP contribution in [0.4, 0.5) is 0 Å². The normalized spacial score (nSPS) is 13.4. The van der Waals surface area contributed by atoms with Gasteiger partial charge < -0.3 is 9.88 Å². The monoisotopic (exact) mass is 818 g/mol. The summed E-state index contributed by atoms with van der Waals surface area (Å²) in [5, 5.41) is 13.3. The second-order valence-corrected chi connectivity index (χ2v) is 16.1. The van der Waals surface area contributed by atoms with E-state index in [1.807, 2.05) is 36.6 Å². The van der Waals surface area contributed by atoms with Gasteiger partial charge in [0.25, 0.3) is 0 Å². The highest BCUT2D eigenvalue weighted by Crippen LogP contribution is 2.43. The largest absolute Gasteiger partial charge is 0.355 e. The van der Waals surface area contributed by atoms with E-state index in [0.29, 0.717) is 0 Å². The molecule has 0 spiro atoms. The summed E-state index contributed by atoms with van der Waals surface area (Å²) in [6.45, 7) is 10.5. The van der Waals surface area contributed by atoms with Crippen molar-refractivity contribution in [3.8, 4) is 16.8 Å². The number of aromatic nitrogens is 1. The Morgan fingerprint density at radius 3 is 2.02 bits per heavy atom. The van der Waals surface area contributed by atoms with Crippen LogP contribution in [0.3, 0.4) is 0 Å². The fourth-order valence-corrected chi connectivity index (χ4v) is 9.03. The van der Waals surface area contributed by atoms with Crippen molar-refractivity contribution in [2.24, 2.45) is 0 Å². The van der Waals surface area contributed by atoms with E-state index in [1.54, 1.807) is 0 Å². The van der Waals surface area contributed by atoms with E-state index in [0.717, 1.165) is 39.2 Å². The summed E-state index contributed by atoms with van der Waals surface area (Å²) in [7, 11) is 0. The minimum Gasteiger partial charge on any atom is -0.355 e. The molecule has 1 aliphatic carbocycles. The highest BCUT2D eigenvalue weighted by molar-refractivity contribution is 6.20. The lowest BCUT2D eigenvalue weighted by molar-refractivity contribution is 1.12. The topological polar surface area (TPSA) is 17.0 Å². The Morgan fingerprint density at radius 1 is 0.609 bits per heavy atom. The maximum atomic E-state index is 4.40. The van der Waals surface area contributed by atoms with Crippen LogP contribution in [-0.4, -0.2) is 4.57 Å². The van der Waals surface area contributed by atoms with Gasteiger partial charge >= 0.3 is 0 Å². The third-order valence-electron chi connectivity index (χ3n) is 12.1. The fourth-order valence-electron chi connectivity index (χ4n) is 9.03. The summed E-state index contributed by atoms with van der Waals surface area (Å²) >= 11 is 0. The molecule has 8 aromatic carbocycles. The van der Waals surface area contributed by atoms with E-state index in [-0.39, 0.29) is 0 Å². The second-order valence-electron chi connectivity index (χ2n) is 16.1. The van der Waals surface area contributed by atoms with Crippen LogP contribution in [0.15, 0.2) is 266 Å². The van der Waals surface area contributed by atoms with Crippen molar-refractivity contribution in [1.82, 2.24) is 9.88 Å². The molecule has 0 fully saturated rings. The number of hydrogen-bond donors (Lipinski definition) is 1. The van der Waals surface area contributed by atoms with Crippen LogP contribution in [0.5, 0.6) is 0 Å². The van der Waals surface area contributed by atoms with Crippen molar-refractivity contribution < 1.29 is 0 Å². The van der Waals surface area contributed by atoms with Gasteiger partial charge in [0.15, 0.2) is 0 Å². The molecule has 1 aliphatic rings. The molecule has 0 unspecified atom stereocenters. The van der Waals surface area contributed by atoms with Crippen molar-refractivity contribution in [1.29, 1.82) is 0 Å². The molecule has 1 N–H and O–H groups in total. The molecule has 0 aliphatic heterocycles. The molecule has 0 atom stereocenters. The van der Waals surface area contributed by atoms with Crippen molar-refractivity contribution in [3.05, 3.63) is 278 Å². The van der Waals surface area contributed by atoms with Crippen LogP contribution in [0.2, 0.25) is 0 Å². The third kappa shape index (κ3) is 7.60. The minimum atomic E-state index is 0.871. The first kappa shape index (κ1) is 39.7. The molecule has 0 bridgehead atoms. The van der Waals surface area contributed by atoms with Gasteiger partial charge in [-0.15, -0.1) is 0 Å². The Bertz CT molecular complexity index is 3530. The van der Waals surface area contributed by atoms with Crippen LogP contribution in [0.1, 0.15) is 18.1 Å². The summed E-state index contributed by atoms with van der Waals surface area (Å²) in [6.07, 6.45) is 22.5. The van der Waals surface area contributed by atoms with Gasteiger partial charge in [0.1, 0.15) is 0 Å². The average Bonchev–Trinajstić information content (AvgIpc) is 3.49. The highest BCUT2D eigenvalue weighted by atomic mass is 15.0. The lowest BCUT2D eigenvalue weighted by Crippen LogP contribution is -2.00. The van der Waals surface area contributed by atoms with Crippen molar-refractivity contribution >= 4 is 65.3 Å². The molecule has 0 saturated heterocycles. The first-order valence-corrected chi connectivity index (χ1v) is 21.7. The SMILES string of the molecule is C=C/C=C(\C=C(/C)C(=C)/C=C\C=C/NC1=C=CC=C(c2c3ccccc3c(-c3ccc4ccccc4c3)c3ccccc23)C=C1)c1ccc2c(c1)c1ccccc1n2-c1ccccc1. The zero-order valence-electron chi connectivity index (χ0n) is 35.8. The van der Waals surface area contributed by atoms with Crippen molar-refractivity contribution in [2.45, 2.75) is 6.92 Å². The average molecular weight is 819 g/mol. The molecule has 2 heteroatoms. The first-order valence-electron chi connectivity index (χ1n) is 21.7. The molecule has 10 rings (SSSR count). The van der Waals surface area contributed by atoms with Crippen molar-refractivity contribution in [2.75, 3.05) is 0 Å². The molecule has 64 heavy (non-hydrogen) atoms. The quantitative estimate of drug-likeness (QED) is 0.0781. The van der Waals surface area contributed by atoms with E-state index in [1.165, 1.54) is 70.8 Å². The molecule has 1 aromatic heterocycles. The number of para-hydroxylation sites is 2. The standard InChI is InChI=1S/C62H46N2/c1-4-19-47(49-36-38-60-58(42-49)53-27-14-15-32-59(53)64(60)52-25-6-5-7-26-52)40-44(3)43(2)20-16-17-39-63-51-24-18-23-46(35-37-51)61-54-28-10-12-30-56(54)62(57-31-13-11-29-55(57)61)50-34-33-45-21-8-9-22-48(45)41-50/h4-23,25-42,63H,1-2H2,3H3/b20-16-,39-17-,44-40+,47-19+. The van der Waals surface area contributed by atoms with Crippen LogP contribution >= 0.6 is 0 Å².